The second-order valence-electron chi connectivity index (χ2n) is 5.95. The van der Waals surface area contributed by atoms with Gasteiger partial charge in [0.2, 0.25) is 0 Å². The van der Waals surface area contributed by atoms with Crippen molar-refractivity contribution in [3.05, 3.63) is 50.9 Å². The van der Waals surface area contributed by atoms with Crippen LogP contribution in [0.5, 0.6) is 5.75 Å². The average molecular weight is 375 g/mol. The summed E-state index contributed by atoms with van der Waals surface area (Å²) in [6.07, 6.45) is 1.97. The molecule has 3 rings (SSSR count). The highest BCUT2D eigenvalue weighted by molar-refractivity contribution is 7.14. The maximum Gasteiger partial charge on any atom is 0.272 e. The molecule has 1 saturated carbocycles. The molecule has 136 valence electrons. The molecular weight excluding hydrogens is 358 g/mol. The number of aryl methyl sites for hydroxylation is 1. The largest absolute Gasteiger partial charge is 0.484 e. The third-order valence-electron chi connectivity index (χ3n) is 3.81. The molecule has 2 N–H and O–H groups in total. The van der Waals surface area contributed by atoms with Gasteiger partial charge in [-0.05, 0) is 43.3 Å². The summed E-state index contributed by atoms with van der Waals surface area (Å²) in [7, 11) is 0. The van der Waals surface area contributed by atoms with Crippen LogP contribution in [0.15, 0.2) is 29.6 Å². The van der Waals surface area contributed by atoms with Crippen LogP contribution < -0.4 is 15.4 Å². The van der Waals surface area contributed by atoms with Crippen molar-refractivity contribution in [2.24, 2.45) is 0 Å². The smallest absolute Gasteiger partial charge is 0.272 e. The Morgan fingerprint density at radius 1 is 1.35 bits per heavy atom. The van der Waals surface area contributed by atoms with Crippen LogP contribution in [0.1, 0.15) is 28.8 Å². The number of nitrogens with zero attached hydrogens (tertiary/aromatic N) is 1. The van der Waals surface area contributed by atoms with Gasteiger partial charge in [-0.1, -0.05) is 0 Å². The molecule has 1 heterocycles. The van der Waals surface area contributed by atoms with Gasteiger partial charge in [0, 0.05) is 17.7 Å². The van der Waals surface area contributed by atoms with Crippen molar-refractivity contribution in [1.82, 2.24) is 5.32 Å². The number of hydrogen-bond donors (Lipinski definition) is 2. The van der Waals surface area contributed by atoms with E-state index >= 15 is 0 Å². The zero-order valence-corrected chi connectivity index (χ0v) is 14.8. The fourth-order valence-electron chi connectivity index (χ4n) is 2.31. The van der Waals surface area contributed by atoms with E-state index in [1.807, 2.05) is 0 Å². The molecule has 0 atom stereocenters. The average Bonchev–Trinajstić information content (AvgIpc) is 3.28. The summed E-state index contributed by atoms with van der Waals surface area (Å²) in [5.41, 5.74) is 0.873. The van der Waals surface area contributed by atoms with Crippen molar-refractivity contribution in [2.45, 2.75) is 25.8 Å². The van der Waals surface area contributed by atoms with E-state index in [0.29, 0.717) is 21.9 Å². The molecule has 1 aliphatic rings. The SMILES string of the molecule is Cc1cc(OCC(=O)Nc2sccc2C(=O)NC2CC2)ccc1[N+](=O)[O-]. The van der Waals surface area contributed by atoms with Gasteiger partial charge in [0.1, 0.15) is 10.8 Å². The van der Waals surface area contributed by atoms with Crippen molar-refractivity contribution in [1.29, 1.82) is 0 Å². The van der Waals surface area contributed by atoms with Crippen molar-refractivity contribution in [2.75, 3.05) is 11.9 Å². The van der Waals surface area contributed by atoms with E-state index in [2.05, 4.69) is 10.6 Å². The molecule has 26 heavy (non-hydrogen) atoms. The predicted molar refractivity (Wildman–Crippen MR) is 96.8 cm³/mol. The first kappa shape index (κ1) is 17.9. The number of nitro groups is 1. The Morgan fingerprint density at radius 2 is 2.12 bits per heavy atom. The summed E-state index contributed by atoms with van der Waals surface area (Å²) in [5.74, 6) is -0.249. The van der Waals surface area contributed by atoms with E-state index in [9.17, 15) is 19.7 Å². The van der Waals surface area contributed by atoms with Crippen LogP contribution in [0, 0.1) is 17.0 Å². The van der Waals surface area contributed by atoms with E-state index in [4.69, 9.17) is 4.74 Å². The first-order valence-electron chi connectivity index (χ1n) is 8.00. The van der Waals surface area contributed by atoms with E-state index < -0.39 is 10.8 Å². The van der Waals surface area contributed by atoms with Crippen LogP contribution in [0.4, 0.5) is 10.7 Å². The molecule has 0 unspecified atom stereocenters. The summed E-state index contributed by atoms with van der Waals surface area (Å²) in [5, 5.41) is 18.6. The monoisotopic (exact) mass is 375 g/mol. The van der Waals surface area contributed by atoms with Crippen LogP contribution in [0.25, 0.3) is 0 Å². The lowest BCUT2D eigenvalue weighted by Crippen LogP contribution is -2.27. The quantitative estimate of drug-likeness (QED) is 0.571. The minimum atomic E-state index is -0.475. The number of nitrogens with one attached hydrogen (secondary N) is 2. The van der Waals surface area contributed by atoms with Gasteiger partial charge in [-0.25, -0.2) is 0 Å². The van der Waals surface area contributed by atoms with Crippen LogP contribution in [0.3, 0.4) is 0 Å². The second-order valence-corrected chi connectivity index (χ2v) is 6.87. The summed E-state index contributed by atoms with van der Waals surface area (Å²) in [6, 6.07) is 6.18. The first-order valence-corrected chi connectivity index (χ1v) is 8.88. The molecule has 0 radical (unpaired) electrons. The van der Waals surface area contributed by atoms with Gasteiger partial charge in [-0.3, -0.25) is 19.7 Å². The number of benzene rings is 1. The fourth-order valence-corrected chi connectivity index (χ4v) is 3.11. The zero-order valence-electron chi connectivity index (χ0n) is 14.0. The summed E-state index contributed by atoms with van der Waals surface area (Å²) in [6.45, 7) is 1.33. The number of thiophene rings is 1. The predicted octanol–water partition coefficient (Wildman–Crippen LogP) is 2.87. The number of carbonyl (C=O) groups is 2. The molecular formula is C17H17N3O5S. The number of ether oxygens (including phenoxy) is 1. The summed E-state index contributed by atoms with van der Waals surface area (Å²) in [4.78, 5) is 34.5. The second kappa shape index (κ2) is 7.52. The number of nitro benzene ring substituents is 1. The maximum atomic E-state index is 12.1. The molecule has 1 aromatic heterocycles. The van der Waals surface area contributed by atoms with Crippen LogP contribution in [0.2, 0.25) is 0 Å². The highest BCUT2D eigenvalue weighted by atomic mass is 32.1. The minimum absolute atomic E-state index is 0.00768. The molecule has 8 nitrogen and oxygen atoms in total. The van der Waals surface area contributed by atoms with Gasteiger partial charge >= 0.3 is 0 Å². The molecule has 1 fully saturated rings. The van der Waals surface area contributed by atoms with Crippen molar-refractivity contribution in [3.63, 3.8) is 0 Å². The van der Waals surface area contributed by atoms with Crippen molar-refractivity contribution >= 4 is 33.8 Å². The lowest BCUT2D eigenvalue weighted by atomic mass is 10.2. The Balaban J connectivity index is 1.56. The standard InChI is InChI=1S/C17H17N3O5S/c1-10-8-12(4-5-14(10)20(23)24)25-9-15(21)19-17-13(6-7-26-17)16(22)18-11-2-3-11/h4-8,11H,2-3,9H2,1H3,(H,18,22)(H,19,21). The van der Waals surface area contributed by atoms with E-state index in [1.165, 1.54) is 29.5 Å². The Morgan fingerprint density at radius 3 is 2.77 bits per heavy atom. The highest BCUT2D eigenvalue weighted by Gasteiger charge is 2.25. The van der Waals surface area contributed by atoms with Gasteiger partial charge in [0.15, 0.2) is 6.61 Å². The molecule has 1 aliphatic carbocycles. The summed E-state index contributed by atoms with van der Waals surface area (Å²) >= 11 is 1.26. The zero-order chi connectivity index (χ0) is 18.7. The molecule has 0 aliphatic heterocycles. The highest BCUT2D eigenvalue weighted by Crippen LogP contribution is 2.26. The molecule has 2 aromatic rings. The van der Waals surface area contributed by atoms with E-state index in [1.54, 1.807) is 18.4 Å². The number of rotatable bonds is 7. The lowest BCUT2D eigenvalue weighted by Gasteiger charge is -2.09. The molecule has 0 spiro atoms. The molecule has 9 heteroatoms. The van der Waals surface area contributed by atoms with Gasteiger partial charge < -0.3 is 15.4 Å². The molecule has 2 amide bonds. The molecule has 1 aromatic carbocycles. The Hall–Kier alpha value is -2.94. The van der Waals surface area contributed by atoms with Crippen molar-refractivity contribution < 1.29 is 19.2 Å². The lowest BCUT2D eigenvalue weighted by molar-refractivity contribution is -0.385. The van der Waals surface area contributed by atoms with E-state index in [0.717, 1.165) is 12.8 Å². The minimum Gasteiger partial charge on any atom is -0.484 e. The Bertz CT molecular complexity index is 860. The van der Waals surface area contributed by atoms with Gasteiger partial charge in [-0.15, -0.1) is 11.3 Å². The third kappa shape index (κ3) is 4.37. The molecule has 0 bridgehead atoms. The van der Waals surface area contributed by atoms with Crippen molar-refractivity contribution in [3.8, 4) is 5.75 Å². The van der Waals surface area contributed by atoms with Crippen LogP contribution in [-0.2, 0) is 4.79 Å². The fraction of sp³-hybridized carbons (Fsp3) is 0.294. The van der Waals surface area contributed by atoms with Gasteiger partial charge in [0.05, 0.1) is 10.5 Å². The first-order chi connectivity index (χ1) is 12.4. The summed E-state index contributed by atoms with van der Waals surface area (Å²) < 4.78 is 5.38. The van der Waals surface area contributed by atoms with E-state index in [-0.39, 0.29) is 24.2 Å². The number of hydrogen-bond acceptors (Lipinski definition) is 6. The number of carbonyl (C=O) groups excluding carboxylic acids is 2. The topological polar surface area (TPSA) is 111 Å². The number of anilines is 1. The Labute approximate surface area is 153 Å². The third-order valence-corrected chi connectivity index (χ3v) is 4.64. The normalized spacial score (nSPS) is 13.1. The van der Waals surface area contributed by atoms with Gasteiger partial charge in [0.25, 0.3) is 17.5 Å². The molecule has 0 saturated heterocycles. The maximum absolute atomic E-state index is 12.1. The van der Waals surface area contributed by atoms with Crippen LogP contribution >= 0.6 is 11.3 Å². The Kier molecular flexibility index (Phi) is 5.17. The van der Waals surface area contributed by atoms with Gasteiger partial charge in [-0.2, -0.15) is 0 Å². The number of amides is 2. The van der Waals surface area contributed by atoms with Crippen LogP contribution in [-0.4, -0.2) is 29.4 Å².